The molecule has 2 fully saturated rings. The van der Waals surface area contributed by atoms with E-state index in [0.29, 0.717) is 12.2 Å². The van der Waals surface area contributed by atoms with Crippen molar-refractivity contribution in [1.82, 2.24) is 10.2 Å². The Morgan fingerprint density at radius 1 is 1.25 bits per heavy atom. The van der Waals surface area contributed by atoms with Gasteiger partial charge < -0.3 is 10.1 Å². The van der Waals surface area contributed by atoms with Crippen LogP contribution in [0.2, 0.25) is 0 Å². The lowest BCUT2D eigenvalue weighted by molar-refractivity contribution is 0.0214. The lowest BCUT2D eigenvalue weighted by Gasteiger charge is -2.26. The third kappa shape index (κ3) is 2.96. The maximum absolute atomic E-state index is 6.05. The van der Waals surface area contributed by atoms with Crippen LogP contribution in [0.5, 0.6) is 0 Å². The average molecular weight is 226 g/mol. The molecule has 0 aromatic rings. The Bertz CT molecular complexity index is 210. The SMILES string of the molecule is CCC1CCCN1CC1CCC(CNC)O1. The van der Waals surface area contributed by atoms with E-state index < -0.39 is 0 Å². The molecule has 3 heteroatoms. The minimum absolute atomic E-state index is 0.456. The molecule has 3 unspecified atom stereocenters. The Kier molecular flexibility index (Phi) is 4.62. The van der Waals surface area contributed by atoms with Crippen molar-refractivity contribution in [2.24, 2.45) is 0 Å². The van der Waals surface area contributed by atoms with Crippen molar-refractivity contribution < 1.29 is 4.74 Å². The maximum atomic E-state index is 6.05. The van der Waals surface area contributed by atoms with Gasteiger partial charge in [-0.15, -0.1) is 0 Å². The molecule has 2 saturated heterocycles. The van der Waals surface area contributed by atoms with Gasteiger partial charge in [0.25, 0.3) is 0 Å². The highest BCUT2D eigenvalue weighted by molar-refractivity contribution is 4.83. The molecular weight excluding hydrogens is 200 g/mol. The molecular formula is C13H26N2O. The van der Waals surface area contributed by atoms with Crippen molar-refractivity contribution in [3.05, 3.63) is 0 Å². The molecule has 0 bridgehead atoms. The second kappa shape index (κ2) is 5.99. The number of nitrogens with zero attached hydrogens (tertiary/aromatic N) is 1. The highest BCUT2D eigenvalue weighted by Crippen LogP contribution is 2.25. The first-order valence-corrected chi connectivity index (χ1v) is 6.87. The molecule has 16 heavy (non-hydrogen) atoms. The molecule has 2 heterocycles. The quantitative estimate of drug-likeness (QED) is 0.771. The second-order valence-corrected chi connectivity index (χ2v) is 5.21. The number of ether oxygens (including phenoxy) is 1. The highest BCUT2D eigenvalue weighted by Gasteiger charge is 2.30. The first-order valence-electron chi connectivity index (χ1n) is 6.87. The van der Waals surface area contributed by atoms with Gasteiger partial charge in [-0.3, -0.25) is 4.90 Å². The zero-order valence-corrected chi connectivity index (χ0v) is 10.7. The number of likely N-dealkylation sites (N-methyl/N-ethyl adjacent to an activating group) is 1. The van der Waals surface area contributed by atoms with E-state index in [-0.39, 0.29) is 0 Å². The highest BCUT2D eigenvalue weighted by atomic mass is 16.5. The van der Waals surface area contributed by atoms with Gasteiger partial charge in [0, 0.05) is 19.1 Å². The van der Waals surface area contributed by atoms with Crippen LogP contribution in [0.25, 0.3) is 0 Å². The summed E-state index contributed by atoms with van der Waals surface area (Å²) in [7, 11) is 2.00. The fourth-order valence-electron chi connectivity index (χ4n) is 3.15. The molecule has 0 aromatic heterocycles. The Morgan fingerprint density at radius 3 is 2.81 bits per heavy atom. The number of nitrogens with one attached hydrogen (secondary N) is 1. The van der Waals surface area contributed by atoms with Gasteiger partial charge in [-0.2, -0.15) is 0 Å². The van der Waals surface area contributed by atoms with Gasteiger partial charge in [0.2, 0.25) is 0 Å². The van der Waals surface area contributed by atoms with E-state index in [2.05, 4.69) is 17.1 Å². The monoisotopic (exact) mass is 226 g/mol. The van der Waals surface area contributed by atoms with Gasteiger partial charge in [0.1, 0.15) is 0 Å². The largest absolute Gasteiger partial charge is 0.372 e. The third-order valence-electron chi connectivity index (χ3n) is 4.04. The predicted octanol–water partition coefficient (Wildman–Crippen LogP) is 1.63. The second-order valence-electron chi connectivity index (χ2n) is 5.21. The van der Waals surface area contributed by atoms with Gasteiger partial charge >= 0.3 is 0 Å². The van der Waals surface area contributed by atoms with Crippen molar-refractivity contribution in [1.29, 1.82) is 0 Å². The molecule has 3 nitrogen and oxygen atoms in total. The summed E-state index contributed by atoms with van der Waals surface area (Å²) >= 11 is 0. The van der Waals surface area contributed by atoms with Crippen LogP contribution < -0.4 is 5.32 Å². The zero-order valence-electron chi connectivity index (χ0n) is 10.7. The Hall–Kier alpha value is -0.120. The van der Waals surface area contributed by atoms with E-state index in [1.54, 1.807) is 0 Å². The molecule has 2 rings (SSSR count). The predicted molar refractivity (Wildman–Crippen MR) is 66.7 cm³/mol. The smallest absolute Gasteiger partial charge is 0.0707 e. The minimum atomic E-state index is 0.456. The summed E-state index contributed by atoms with van der Waals surface area (Å²) < 4.78 is 6.05. The van der Waals surface area contributed by atoms with Crippen LogP contribution in [0.3, 0.4) is 0 Å². The van der Waals surface area contributed by atoms with Crippen LogP contribution in [0.15, 0.2) is 0 Å². The fourth-order valence-corrected chi connectivity index (χ4v) is 3.15. The summed E-state index contributed by atoms with van der Waals surface area (Å²) in [6.45, 7) is 5.77. The maximum Gasteiger partial charge on any atom is 0.0707 e. The van der Waals surface area contributed by atoms with E-state index in [1.807, 2.05) is 7.05 Å². The molecule has 0 spiro atoms. The van der Waals surface area contributed by atoms with Crippen molar-refractivity contribution in [2.75, 3.05) is 26.7 Å². The first kappa shape index (κ1) is 12.3. The first-order chi connectivity index (χ1) is 7.83. The van der Waals surface area contributed by atoms with Crippen LogP contribution in [-0.4, -0.2) is 49.8 Å². The van der Waals surface area contributed by atoms with Crippen LogP contribution in [0.1, 0.15) is 39.0 Å². The Morgan fingerprint density at radius 2 is 2.06 bits per heavy atom. The van der Waals surface area contributed by atoms with Crippen molar-refractivity contribution >= 4 is 0 Å². The summed E-state index contributed by atoms with van der Waals surface area (Å²) in [5.74, 6) is 0. The van der Waals surface area contributed by atoms with E-state index in [1.165, 1.54) is 45.2 Å². The molecule has 2 aliphatic heterocycles. The van der Waals surface area contributed by atoms with Crippen LogP contribution in [-0.2, 0) is 4.74 Å². The van der Waals surface area contributed by atoms with Crippen molar-refractivity contribution in [3.8, 4) is 0 Å². The van der Waals surface area contributed by atoms with Crippen LogP contribution >= 0.6 is 0 Å². The van der Waals surface area contributed by atoms with Gasteiger partial charge in [0.15, 0.2) is 0 Å². The van der Waals surface area contributed by atoms with E-state index in [9.17, 15) is 0 Å². The molecule has 94 valence electrons. The molecule has 0 radical (unpaired) electrons. The standard InChI is InChI=1S/C13H26N2O/c1-3-11-5-4-8-15(11)10-13-7-6-12(16-13)9-14-2/h11-14H,3-10H2,1-2H3. The van der Waals surface area contributed by atoms with Gasteiger partial charge in [-0.05, 0) is 45.7 Å². The third-order valence-corrected chi connectivity index (χ3v) is 4.04. The summed E-state index contributed by atoms with van der Waals surface area (Å²) in [6.07, 6.45) is 7.50. The average Bonchev–Trinajstić information content (AvgIpc) is 2.89. The Balaban J connectivity index is 1.74. The van der Waals surface area contributed by atoms with Crippen molar-refractivity contribution in [2.45, 2.75) is 57.3 Å². The summed E-state index contributed by atoms with van der Waals surface area (Å²) in [5.41, 5.74) is 0. The fraction of sp³-hybridized carbons (Fsp3) is 1.00. The number of likely N-dealkylation sites (tertiary alicyclic amines) is 1. The van der Waals surface area contributed by atoms with E-state index in [4.69, 9.17) is 4.74 Å². The topological polar surface area (TPSA) is 24.5 Å². The molecule has 1 N–H and O–H groups in total. The molecule has 0 aromatic carbocycles. The summed E-state index contributed by atoms with van der Waals surface area (Å²) in [5, 5.41) is 3.21. The van der Waals surface area contributed by atoms with Crippen LogP contribution in [0, 0.1) is 0 Å². The normalized spacial score (nSPS) is 36.0. The number of rotatable bonds is 5. The van der Waals surface area contributed by atoms with E-state index in [0.717, 1.165) is 12.6 Å². The molecule has 3 atom stereocenters. The van der Waals surface area contributed by atoms with Gasteiger partial charge in [0.05, 0.1) is 12.2 Å². The molecule has 0 saturated carbocycles. The number of hydrogen-bond donors (Lipinski definition) is 1. The lowest BCUT2D eigenvalue weighted by Crippen LogP contribution is -2.36. The Labute approximate surface area is 99.5 Å². The van der Waals surface area contributed by atoms with Crippen molar-refractivity contribution in [3.63, 3.8) is 0 Å². The van der Waals surface area contributed by atoms with Gasteiger partial charge in [-0.25, -0.2) is 0 Å². The van der Waals surface area contributed by atoms with Crippen LogP contribution in [0.4, 0.5) is 0 Å². The molecule has 0 aliphatic carbocycles. The minimum Gasteiger partial charge on any atom is -0.372 e. The zero-order chi connectivity index (χ0) is 11.4. The molecule has 0 amide bonds. The van der Waals surface area contributed by atoms with Gasteiger partial charge in [-0.1, -0.05) is 6.92 Å². The summed E-state index contributed by atoms with van der Waals surface area (Å²) in [4.78, 5) is 2.65. The van der Waals surface area contributed by atoms with E-state index >= 15 is 0 Å². The lowest BCUT2D eigenvalue weighted by atomic mass is 10.1. The summed E-state index contributed by atoms with van der Waals surface area (Å²) in [6, 6.07) is 0.826. The number of hydrogen-bond acceptors (Lipinski definition) is 3. The molecule has 2 aliphatic rings.